The van der Waals surface area contributed by atoms with Crippen LogP contribution in [0.4, 0.5) is 0 Å². The Kier molecular flexibility index (Phi) is 4.38. The first-order chi connectivity index (χ1) is 8.70. The third-order valence-electron chi connectivity index (χ3n) is 2.98. The van der Waals surface area contributed by atoms with Gasteiger partial charge in [-0.25, -0.2) is 0 Å². The molecular weight excluding hydrogens is 284 g/mol. The lowest BCUT2D eigenvalue weighted by Crippen LogP contribution is -1.84. The molecule has 0 amide bonds. The van der Waals surface area contributed by atoms with Crippen LogP contribution in [0.3, 0.4) is 0 Å². The highest BCUT2D eigenvalue weighted by Crippen LogP contribution is 2.24. The van der Waals surface area contributed by atoms with Crippen LogP contribution in [-0.4, -0.2) is 0 Å². The molecule has 18 heavy (non-hydrogen) atoms. The van der Waals surface area contributed by atoms with E-state index in [1.807, 2.05) is 0 Å². The molecule has 0 saturated carbocycles. The highest BCUT2D eigenvalue weighted by Gasteiger charge is 2.00. The Morgan fingerprint density at radius 3 is 2.28 bits per heavy atom. The molecule has 0 saturated heterocycles. The minimum atomic E-state index is 1.08. The largest absolute Gasteiger partial charge is 0.0842 e. The van der Waals surface area contributed by atoms with Gasteiger partial charge in [0.25, 0.3) is 0 Å². The van der Waals surface area contributed by atoms with Crippen LogP contribution < -0.4 is 0 Å². The zero-order valence-corrected chi connectivity index (χ0v) is 12.4. The number of allylic oxidation sites excluding steroid dienone is 1. The van der Waals surface area contributed by atoms with E-state index in [1.165, 1.54) is 22.3 Å². The van der Waals surface area contributed by atoms with Gasteiger partial charge in [0.05, 0.1) is 0 Å². The van der Waals surface area contributed by atoms with Crippen molar-refractivity contribution in [1.82, 2.24) is 0 Å². The van der Waals surface area contributed by atoms with E-state index in [1.54, 1.807) is 0 Å². The second-order valence-corrected chi connectivity index (χ2v) is 5.30. The first-order valence-electron chi connectivity index (χ1n) is 6.24. The normalized spacial score (nSPS) is 11.1. The van der Waals surface area contributed by atoms with Crippen LogP contribution in [0.15, 0.2) is 53.0 Å². The molecule has 0 radical (unpaired) electrons. The Labute approximate surface area is 117 Å². The monoisotopic (exact) mass is 300 g/mol. The van der Waals surface area contributed by atoms with Gasteiger partial charge in [0.1, 0.15) is 0 Å². The van der Waals surface area contributed by atoms with Crippen molar-refractivity contribution in [1.29, 1.82) is 0 Å². The van der Waals surface area contributed by atoms with E-state index in [0.29, 0.717) is 0 Å². The maximum Gasteiger partial charge on any atom is 0.0175 e. The fourth-order valence-corrected chi connectivity index (χ4v) is 2.19. The summed E-state index contributed by atoms with van der Waals surface area (Å²) in [7, 11) is 0. The molecule has 0 heterocycles. The average molecular weight is 301 g/mol. The minimum absolute atomic E-state index is 1.08. The smallest absolute Gasteiger partial charge is 0.0175 e. The van der Waals surface area contributed by atoms with Crippen LogP contribution in [0, 0.1) is 6.92 Å². The molecule has 0 N–H and O–H groups in total. The summed E-state index contributed by atoms with van der Waals surface area (Å²) in [6.07, 6.45) is 5.47. The Morgan fingerprint density at radius 2 is 1.67 bits per heavy atom. The number of benzene rings is 2. The van der Waals surface area contributed by atoms with Crippen molar-refractivity contribution in [2.45, 2.75) is 20.3 Å². The van der Waals surface area contributed by atoms with Crippen molar-refractivity contribution in [2.24, 2.45) is 0 Å². The minimum Gasteiger partial charge on any atom is -0.0842 e. The van der Waals surface area contributed by atoms with Gasteiger partial charge in [-0.1, -0.05) is 65.3 Å². The third kappa shape index (κ3) is 3.11. The molecule has 0 aliphatic carbocycles. The second-order valence-electron chi connectivity index (χ2n) is 4.39. The zero-order chi connectivity index (χ0) is 13.0. The van der Waals surface area contributed by atoms with Gasteiger partial charge in [0, 0.05) is 4.47 Å². The van der Waals surface area contributed by atoms with Gasteiger partial charge in [-0.15, -0.1) is 0 Å². The van der Waals surface area contributed by atoms with Crippen molar-refractivity contribution in [2.75, 3.05) is 0 Å². The molecule has 0 bridgehead atoms. The summed E-state index contributed by atoms with van der Waals surface area (Å²) in [5.74, 6) is 0. The molecule has 2 aromatic rings. The van der Waals surface area contributed by atoms with E-state index in [0.717, 1.165) is 10.9 Å². The fourth-order valence-electron chi connectivity index (χ4n) is 1.93. The predicted molar refractivity (Wildman–Crippen MR) is 83.6 cm³/mol. The van der Waals surface area contributed by atoms with E-state index < -0.39 is 0 Å². The van der Waals surface area contributed by atoms with Crippen LogP contribution in [0.25, 0.3) is 17.2 Å². The summed E-state index contributed by atoms with van der Waals surface area (Å²) in [5.41, 5.74) is 5.15. The van der Waals surface area contributed by atoms with Gasteiger partial charge in [-0.05, 0) is 47.7 Å². The highest BCUT2D eigenvalue weighted by molar-refractivity contribution is 9.10. The van der Waals surface area contributed by atoms with Crippen molar-refractivity contribution in [3.8, 4) is 11.1 Å². The third-order valence-corrected chi connectivity index (χ3v) is 3.51. The topological polar surface area (TPSA) is 0 Å². The van der Waals surface area contributed by atoms with Crippen molar-refractivity contribution < 1.29 is 0 Å². The van der Waals surface area contributed by atoms with Crippen LogP contribution in [-0.2, 0) is 0 Å². The molecule has 2 aromatic carbocycles. The Bertz CT molecular complexity index is 550. The van der Waals surface area contributed by atoms with E-state index in [9.17, 15) is 0 Å². The maximum absolute atomic E-state index is 3.46. The first kappa shape index (κ1) is 13.1. The maximum atomic E-state index is 3.46. The van der Waals surface area contributed by atoms with E-state index >= 15 is 0 Å². The van der Waals surface area contributed by atoms with Gasteiger partial charge in [-0.2, -0.15) is 0 Å². The summed E-state index contributed by atoms with van der Waals surface area (Å²) in [6, 6.07) is 15.1. The summed E-state index contributed by atoms with van der Waals surface area (Å²) in [6.45, 7) is 4.32. The number of rotatable bonds is 3. The number of hydrogen-bond donors (Lipinski definition) is 0. The van der Waals surface area contributed by atoms with Gasteiger partial charge in [0.15, 0.2) is 0 Å². The van der Waals surface area contributed by atoms with Crippen LogP contribution >= 0.6 is 15.9 Å². The molecule has 0 unspecified atom stereocenters. The molecule has 0 fully saturated rings. The van der Waals surface area contributed by atoms with E-state index in [4.69, 9.17) is 0 Å². The number of halogens is 1. The number of aryl methyl sites for hydroxylation is 1. The van der Waals surface area contributed by atoms with Crippen molar-refractivity contribution in [3.05, 3.63) is 64.1 Å². The molecule has 0 spiro atoms. The lowest BCUT2D eigenvalue weighted by molar-refractivity contribution is 1.23. The Hall–Kier alpha value is -1.34. The molecule has 0 aliphatic heterocycles. The highest BCUT2D eigenvalue weighted by atomic mass is 79.9. The van der Waals surface area contributed by atoms with Gasteiger partial charge >= 0.3 is 0 Å². The van der Waals surface area contributed by atoms with Gasteiger partial charge < -0.3 is 0 Å². The molecule has 0 aromatic heterocycles. The number of hydrogen-bond acceptors (Lipinski definition) is 0. The lowest BCUT2D eigenvalue weighted by Gasteiger charge is -2.06. The Balaban J connectivity index is 2.34. The predicted octanol–water partition coefficient (Wildman–Crippen LogP) is 5.85. The molecule has 0 atom stereocenters. The molecular formula is C17H17Br. The summed E-state index contributed by atoms with van der Waals surface area (Å²) < 4.78 is 1.12. The molecule has 92 valence electrons. The summed E-state index contributed by atoms with van der Waals surface area (Å²) in [4.78, 5) is 0. The second kappa shape index (κ2) is 6.01. The lowest BCUT2D eigenvalue weighted by atomic mass is 9.99. The summed E-state index contributed by atoms with van der Waals surface area (Å²) in [5, 5.41) is 0. The van der Waals surface area contributed by atoms with Crippen LogP contribution in [0.1, 0.15) is 24.5 Å². The van der Waals surface area contributed by atoms with Crippen LogP contribution in [0.2, 0.25) is 0 Å². The fraction of sp³-hybridized carbons (Fsp3) is 0.176. The van der Waals surface area contributed by atoms with E-state index in [-0.39, 0.29) is 0 Å². The average Bonchev–Trinajstić information content (AvgIpc) is 2.38. The summed E-state index contributed by atoms with van der Waals surface area (Å²) >= 11 is 3.46. The quantitative estimate of drug-likeness (QED) is 0.667. The SMILES string of the molecule is CC/C=C\c1ccc(-c2ccc(Br)cc2)cc1C. The van der Waals surface area contributed by atoms with E-state index in [2.05, 4.69) is 84.4 Å². The molecule has 0 aliphatic rings. The van der Waals surface area contributed by atoms with Gasteiger partial charge in [-0.3, -0.25) is 0 Å². The van der Waals surface area contributed by atoms with Crippen molar-refractivity contribution >= 4 is 22.0 Å². The Morgan fingerprint density at radius 1 is 1.00 bits per heavy atom. The zero-order valence-electron chi connectivity index (χ0n) is 10.8. The molecule has 2 rings (SSSR count). The first-order valence-corrected chi connectivity index (χ1v) is 7.03. The van der Waals surface area contributed by atoms with Crippen molar-refractivity contribution in [3.63, 3.8) is 0 Å². The standard InChI is InChI=1S/C17H17Br/c1-3-4-5-14-6-7-16(12-13(14)2)15-8-10-17(18)11-9-15/h4-12H,3H2,1-2H3/b5-4-. The molecule has 0 nitrogen and oxygen atoms in total. The van der Waals surface area contributed by atoms with Crippen LogP contribution in [0.5, 0.6) is 0 Å². The molecule has 1 heteroatoms. The van der Waals surface area contributed by atoms with Gasteiger partial charge in [0.2, 0.25) is 0 Å².